The van der Waals surface area contributed by atoms with E-state index in [2.05, 4.69) is 10.3 Å². The highest BCUT2D eigenvalue weighted by Crippen LogP contribution is 2.33. The molecule has 1 fully saturated rings. The van der Waals surface area contributed by atoms with E-state index in [-0.39, 0.29) is 18.2 Å². The van der Waals surface area contributed by atoms with E-state index in [4.69, 9.17) is 27.9 Å². The highest BCUT2D eigenvalue weighted by Gasteiger charge is 2.41. The van der Waals surface area contributed by atoms with Gasteiger partial charge in [-0.3, -0.25) is 14.5 Å². The summed E-state index contributed by atoms with van der Waals surface area (Å²) in [6, 6.07) is 12.4. The van der Waals surface area contributed by atoms with Crippen molar-refractivity contribution in [2.45, 2.75) is 11.7 Å². The van der Waals surface area contributed by atoms with Gasteiger partial charge in [-0.25, -0.2) is 4.99 Å². The Kier molecular flexibility index (Phi) is 6.08. The fourth-order valence-corrected chi connectivity index (χ4v) is 4.63. The summed E-state index contributed by atoms with van der Waals surface area (Å²) in [6.07, 6.45) is 0.0465. The number of benzene rings is 2. The molecular weight excluding hydrogens is 447 g/mol. The highest BCUT2D eigenvalue weighted by atomic mass is 35.5. The van der Waals surface area contributed by atoms with Crippen molar-refractivity contribution in [3.05, 3.63) is 52.5 Å². The molecule has 2 heterocycles. The van der Waals surface area contributed by atoms with Crippen LogP contribution in [0.2, 0.25) is 10.0 Å². The predicted molar refractivity (Wildman–Crippen MR) is 121 cm³/mol. The summed E-state index contributed by atoms with van der Waals surface area (Å²) < 4.78 is 5.16. The van der Waals surface area contributed by atoms with Gasteiger partial charge in [0.05, 0.1) is 12.1 Å². The van der Waals surface area contributed by atoms with Crippen molar-refractivity contribution in [2.24, 2.45) is 4.99 Å². The van der Waals surface area contributed by atoms with E-state index in [0.29, 0.717) is 40.0 Å². The number of rotatable bonds is 5. The molecule has 0 unspecified atom stereocenters. The highest BCUT2D eigenvalue weighted by molar-refractivity contribution is 8.15. The van der Waals surface area contributed by atoms with Gasteiger partial charge in [0.2, 0.25) is 11.8 Å². The molecule has 1 saturated heterocycles. The molecule has 1 N–H and O–H groups in total. The SMILES string of the molecule is COc1cc(NC(=O)C[C@H]2SC3=NCN(c4ccc(Cl)cc4)CN3C2=O)ccc1Cl. The first-order chi connectivity index (χ1) is 14.4. The zero-order valence-electron chi connectivity index (χ0n) is 16.0. The van der Waals surface area contributed by atoms with E-state index in [1.807, 2.05) is 17.0 Å². The van der Waals surface area contributed by atoms with Crippen LogP contribution in [0.3, 0.4) is 0 Å². The third-order valence-electron chi connectivity index (χ3n) is 4.71. The predicted octanol–water partition coefficient (Wildman–Crippen LogP) is 4.07. The zero-order chi connectivity index (χ0) is 21.3. The van der Waals surface area contributed by atoms with Gasteiger partial charge in [0, 0.05) is 28.9 Å². The molecule has 7 nitrogen and oxygen atoms in total. The molecular formula is C20H18Cl2N4O3S. The number of carbonyl (C=O) groups is 2. The first kappa shape index (κ1) is 20.8. The molecule has 0 aromatic heterocycles. The summed E-state index contributed by atoms with van der Waals surface area (Å²) in [5.74, 6) is 0.0797. The Balaban J connectivity index is 1.39. The van der Waals surface area contributed by atoms with Gasteiger partial charge >= 0.3 is 0 Å². The van der Waals surface area contributed by atoms with Crippen LogP contribution in [-0.4, -0.2) is 47.6 Å². The second-order valence-corrected chi connectivity index (χ2v) is 8.73. The van der Waals surface area contributed by atoms with Crippen LogP contribution in [0.5, 0.6) is 5.75 Å². The van der Waals surface area contributed by atoms with E-state index >= 15 is 0 Å². The lowest BCUT2D eigenvalue weighted by atomic mass is 10.2. The van der Waals surface area contributed by atoms with Crippen LogP contribution in [0.4, 0.5) is 11.4 Å². The number of halogens is 2. The molecule has 0 radical (unpaired) electrons. The minimum absolute atomic E-state index is 0.0465. The Morgan fingerprint density at radius 3 is 2.77 bits per heavy atom. The second kappa shape index (κ2) is 8.75. The van der Waals surface area contributed by atoms with Crippen molar-refractivity contribution < 1.29 is 14.3 Å². The molecule has 156 valence electrons. The Bertz CT molecular complexity index is 1020. The number of ether oxygens (including phenoxy) is 1. The number of carbonyl (C=O) groups excluding carboxylic acids is 2. The molecule has 2 aromatic rings. The van der Waals surface area contributed by atoms with Crippen molar-refractivity contribution >= 4 is 63.3 Å². The van der Waals surface area contributed by atoms with E-state index in [0.717, 1.165) is 5.69 Å². The minimum Gasteiger partial charge on any atom is -0.495 e. The number of nitrogens with one attached hydrogen (secondary N) is 1. The molecule has 0 saturated carbocycles. The molecule has 0 bridgehead atoms. The van der Waals surface area contributed by atoms with Crippen molar-refractivity contribution in [2.75, 3.05) is 30.7 Å². The average Bonchev–Trinajstić information content (AvgIpc) is 3.04. The fraction of sp³-hybridized carbons (Fsp3) is 0.250. The lowest BCUT2D eigenvalue weighted by Gasteiger charge is -2.32. The minimum atomic E-state index is -0.511. The van der Waals surface area contributed by atoms with Gasteiger partial charge in [-0.15, -0.1) is 0 Å². The van der Waals surface area contributed by atoms with Crippen LogP contribution in [0.15, 0.2) is 47.5 Å². The number of methoxy groups -OCH3 is 1. The van der Waals surface area contributed by atoms with E-state index in [9.17, 15) is 9.59 Å². The monoisotopic (exact) mass is 464 g/mol. The summed E-state index contributed by atoms with van der Waals surface area (Å²) in [4.78, 5) is 33.5. The third-order valence-corrected chi connectivity index (χ3v) is 6.48. The maximum atomic E-state index is 12.9. The topological polar surface area (TPSA) is 74.2 Å². The molecule has 0 aliphatic carbocycles. The van der Waals surface area contributed by atoms with Crippen LogP contribution < -0.4 is 15.0 Å². The van der Waals surface area contributed by atoms with Crippen LogP contribution >= 0.6 is 35.0 Å². The van der Waals surface area contributed by atoms with E-state index < -0.39 is 5.25 Å². The summed E-state index contributed by atoms with van der Waals surface area (Å²) in [7, 11) is 1.50. The van der Waals surface area contributed by atoms with Gasteiger partial charge in [0.15, 0.2) is 5.17 Å². The molecule has 2 aliphatic heterocycles. The largest absolute Gasteiger partial charge is 0.495 e. The summed E-state index contributed by atoms with van der Waals surface area (Å²) in [6.45, 7) is 0.829. The van der Waals surface area contributed by atoms with E-state index in [1.54, 1.807) is 35.2 Å². The van der Waals surface area contributed by atoms with Crippen LogP contribution in [0.1, 0.15) is 6.42 Å². The summed E-state index contributed by atoms with van der Waals surface area (Å²) >= 11 is 13.3. The number of nitrogens with zero attached hydrogens (tertiary/aromatic N) is 3. The number of hydrogen-bond donors (Lipinski definition) is 1. The molecule has 2 aliphatic rings. The first-order valence-electron chi connectivity index (χ1n) is 9.11. The van der Waals surface area contributed by atoms with Crippen LogP contribution in [0, 0.1) is 0 Å². The Morgan fingerprint density at radius 2 is 2.03 bits per heavy atom. The average molecular weight is 465 g/mol. The number of amidine groups is 1. The third kappa shape index (κ3) is 4.35. The number of amides is 2. The smallest absolute Gasteiger partial charge is 0.244 e. The molecule has 2 aromatic carbocycles. The Labute approximate surface area is 188 Å². The van der Waals surface area contributed by atoms with Crippen molar-refractivity contribution in [1.82, 2.24) is 4.90 Å². The Morgan fingerprint density at radius 1 is 1.27 bits per heavy atom. The normalized spacial score (nSPS) is 18.2. The van der Waals surface area contributed by atoms with Gasteiger partial charge in [0.1, 0.15) is 24.3 Å². The van der Waals surface area contributed by atoms with Crippen molar-refractivity contribution in [3.63, 3.8) is 0 Å². The lowest BCUT2D eigenvalue weighted by Crippen LogP contribution is -2.46. The van der Waals surface area contributed by atoms with Gasteiger partial charge in [-0.05, 0) is 36.4 Å². The molecule has 30 heavy (non-hydrogen) atoms. The maximum absolute atomic E-state index is 12.9. The summed E-state index contributed by atoms with van der Waals surface area (Å²) in [5.41, 5.74) is 1.48. The van der Waals surface area contributed by atoms with Crippen LogP contribution in [0.25, 0.3) is 0 Å². The van der Waals surface area contributed by atoms with Crippen LogP contribution in [-0.2, 0) is 9.59 Å². The lowest BCUT2D eigenvalue weighted by molar-refractivity contribution is -0.128. The molecule has 2 amide bonds. The van der Waals surface area contributed by atoms with Gasteiger partial charge < -0.3 is 15.0 Å². The number of thioether (sulfide) groups is 1. The van der Waals surface area contributed by atoms with Crippen molar-refractivity contribution in [1.29, 1.82) is 0 Å². The first-order valence-corrected chi connectivity index (χ1v) is 10.7. The number of anilines is 2. The maximum Gasteiger partial charge on any atom is 0.244 e. The molecule has 0 spiro atoms. The standard InChI is InChI=1S/C20H18Cl2N4O3S/c1-29-16-8-13(4-7-15(16)22)24-18(27)9-17-19(28)26-11-25(10-23-20(26)30-17)14-5-2-12(21)3-6-14/h2-8,17H,9-11H2,1H3,(H,24,27)/t17-/m1/s1. The van der Waals surface area contributed by atoms with Gasteiger partial charge in [-0.2, -0.15) is 0 Å². The zero-order valence-corrected chi connectivity index (χ0v) is 18.3. The molecule has 4 rings (SSSR count). The summed E-state index contributed by atoms with van der Waals surface area (Å²) in [5, 5.41) is 4.03. The number of fused-ring (bicyclic) bond motifs is 1. The Hall–Kier alpha value is -2.42. The molecule has 1 atom stereocenters. The van der Waals surface area contributed by atoms with Gasteiger partial charge in [0.25, 0.3) is 0 Å². The number of hydrogen-bond acceptors (Lipinski definition) is 6. The quantitative estimate of drug-likeness (QED) is 0.721. The molecule has 10 heteroatoms. The second-order valence-electron chi connectivity index (χ2n) is 6.71. The van der Waals surface area contributed by atoms with Gasteiger partial charge in [-0.1, -0.05) is 35.0 Å². The van der Waals surface area contributed by atoms with E-state index in [1.165, 1.54) is 18.9 Å². The van der Waals surface area contributed by atoms with Crippen molar-refractivity contribution in [3.8, 4) is 5.75 Å². The fourth-order valence-electron chi connectivity index (χ4n) is 3.19. The number of aliphatic imine (C=N–C) groups is 1.